The summed E-state index contributed by atoms with van der Waals surface area (Å²) in [7, 11) is 0. The maximum absolute atomic E-state index is 11.6. The molecule has 0 spiro atoms. The van der Waals surface area contributed by atoms with Gasteiger partial charge in [-0.3, -0.25) is 4.79 Å². The zero-order valence-corrected chi connectivity index (χ0v) is 11.2. The lowest BCUT2D eigenvalue weighted by Crippen LogP contribution is -2.47. The molecule has 0 aliphatic carbocycles. The van der Waals surface area contributed by atoms with E-state index >= 15 is 0 Å². The SMILES string of the molecule is CC1CN(c2ccc3c(c2)NC(=O)C3N)C(C)CO1. The van der Waals surface area contributed by atoms with E-state index < -0.39 is 6.04 Å². The molecule has 1 amide bonds. The van der Waals surface area contributed by atoms with E-state index in [1.165, 1.54) is 0 Å². The van der Waals surface area contributed by atoms with Crippen LogP contribution in [0.15, 0.2) is 18.2 Å². The van der Waals surface area contributed by atoms with Gasteiger partial charge >= 0.3 is 0 Å². The highest BCUT2D eigenvalue weighted by molar-refractivity contribution is 6.02. The number of nitrogens with one attached hydrogen (secondary N) is 1. The zero-order chi connectivity index (χ0) is 13.6. The normalized spacial score (nSPS) is 30.2. The molecule has 3 N–H and O–H groups in total. The summed E-state index contributed by atoms with van der Waals surface area (Å²) in [5.41, 5.74) is 8.64. The zero-order valence-electron chi connectivity index (χ0n) is 11.2. The van der Waals surface area contributed by atoms with Crippen molar-refractivity contribution in [3.8, 4) is 0 Å². The predicted octanol–water partition coefficient (Wildman–Crippen LogP) is 1.25. The van der Waals surface area contributed by atoms with Crippen LogP contribution in [0, 0.1) is 0 Å². The molecule has 1 saturated heterocycles. The molecule has 3 atom stereocenters. The Kier molecular flexibility index (Phi) is 2.95. The summed E-state index contributed by atoms with van der Waals surface area (Å²) in [5, 5.41) is 2.83. The molecule has 19 heavy (non-hydrogen) atoms. The average molecular weight is 261 g/mol. The van der Waals surface area contributed by atoms with Crippen molar-refractivity contribution in [3.05, 3.63) is 23.8 Å². The van der Waals surface area contributed by atoms with Gasteiger partial charge in [-0.1, -0.05) is 6.07 Å². The Morgan fingerprint density at radius 1 is 1.42 bits per heavy atom. The predicted molar refractivity (Wildman–Crippen MR) is 74.2 cm³/mol. The fourth-order valence-electron chi connectivity index (χ4n) is 2.72. The Hall–Kier alpha value is -1.59. The first-order chi connectivity index (χ1) is 9.06. The maximum Gasteiger partial charge on any atom is 0.245 e. The van der Waals surface area contributed by atoms with Gasteiger partial charge in [-0.15, -0.1) is 0 Å². The van der Waals surface area contributed by atoms with Gasteiger partial charge in [-0.2, -0.15) is 0 Å². The maximum atomic E-state index is 11.6. The number of nitrogens with zero attached hydrogens (tertiary/aromatic N) is 1. The van der Waals surface area contributed by atoms with Gasteiger partial charge < -0.3 is 20.7 Å². The van der Waals surface area contributed by atoms with Crippen LogP contribution in [0.2, 0.25) is 0 Å². The number of amides is 1. The van der Waals surface area contributed by atoms with Crippen LogP contribution in [-0.4, -0.2) is 31.2 Å². The van der Waals surface area contributed by atoms with Gasteiger partial charge in [0.1, 0.15) is 6.04 Å². The van der Waals surface area contributed by atoms with Crippen molar-refractivity contribution in [2.24, 2.45) is 5.73 Å². The number of nitrogens with two attached hydrogens (primary N) is 1. The van der Waals surface area contributed by atoms with Crippen LogP contribution in [0.25, 0.3) is 0 Å². The van der Waals surface area contributed by atoms with Crippen molar-refractivity contribution in [1.29, 1.82) is 0 Å². The first kappa shape index (κ1) is 12.4. The van der Waals surface area contributed by atoms with Gasteiger partial charge in [0.15, 0.2) is 0 Å². The van der Waals surface area contributed by atoms with Crippen molar-refractivity contribution in [1.82, 2.24) is 0 Å². The first-order valence-corrected chi connectivity index (χ1v) is 6.65. The van der Waals surface area contributed by atoms with E-state index in [1.807, 2.05) is 18.2 Å². The average Bonchev–Trinajstić information content (AvgIpc) is 2.67. The lowest BCUT2D eigenvalue weighted by Gasteiger charge is -2.38. The highest BCUT2D eigenvalue weighted by Crippen LogP contribution is 2.34. The minimum absolute atomic E-state index is 0.129. The Labute approximate surface area is 112 Å². The number of rotatable bonds is 1. The lowest BCUT2D eigenvalue weighted by atomic mass is 10.1. The number of ether oxygens (including phenoxy) is 1. The number of fused-ring (bicyclic) bond motifs is 1. The van der Waals surface area contributed by atoms with E-state index in [0.717, 1.165) is 30.1 Å². The molecule has 0 saturated carbocycles. The number of hydrogen-bond donors (Lipinski definition) is 2. The second-order valence-corrected chi connectivity index (χ2v) is 5.38. The van der Waals surface area contributed by atoms with E-state index in [2.05, 4.69) is 24.1 Å². The number of carbonyl (C=O) groups is 1. The van der Waals surface area contributed by atoms with Crippen LogP contribution in [0.1, 0.15) is 25.5 Å². The van der Waals surface area contributed by atoms with Gasteiger partial charge in [0.25, 0.3) is 0 Å². The molecule has 2 aliphatic rings. The van der Waals surface area contributed by atoms with E-state index in [0.29, 0.717) is 6.04 Å². The fraction of sp³-hybridized carbons (Fsp3) is 0.500. The highest BCUT2D eigenvalue weighted by atomic mass is 16.5. The smallest absolute Gasteiger partial charge is 0.245 e. The Bertz CT molecular complexity index is 517. The van der Waals surface area contributed by atoms with Crippen LogP contribution in [-0.2, 0) is 9.53 Å². The number of hydrogen-bond acceptors (Lipinski definition) is 4. The van der Waals surface area contributed by atoms with Gasteiger partial charge in [0.2, 0.25) is 5.91 Å². The monoisotopic (exact) mass is 261 g/mol. The Morgan fingerprint density at radius 3 is 3.00 bits per heavy atom. The minimum Gasteiger partial charge on any atom is -0.375 e. The molecule has 0 bridgehead atoms. The van der Waals surface area contributed by atoms with E-state index in [1.54, 1.807) is 0 Å². The van der Waals surface area contributed by atoms with Crippen molar-refractivity contribution < 1.29 is 9.53 Å². The summed E-state index contributed by atoms with van der Waals surface area (Å²) < 4.78 is 5.64. The molecule has 0 aromatic heterocycles. The second-order valence-electron chi connectivity index (χ2n) is 5.38. The number of benzene rings is 1. The third-order valence-electron chi connectivity index (χ3n) is 3.85. The van der Waals surface area contributed by atoms with Gasteiger partial charge in [-0.05, 0) is 26.0 Å². The minimum atomic E-state index is -0.537. The molecule has 5 nitrogen and oxygen atoms in total. The van der Waals surface area contributed by atoms with Gasteiger partial charge in [-0.25, -0.2) is 0 Å². The van der Waals surface area contributed by atoms with Crippen LogP contribution < -0.4 is 16.0 Å². The van der Waals surface area contributed by atoms with Crippen molar-refractivity contribution >= 4 is 17.3 Å². The summed E-state index contributed by atoms with van der Waals surface area (Å²) >= 11 is 0. The third-order valence-corrected chi connectivity index (χ3v) is 3.85. The number of morpholine rings is 1. The van der Waals surface area contributed by atoms with Crippen LogP contribution >= 0.6 is 0 Å². The molecule has 3 rings (SSSR count). The molecule has 5 heteroatoms. The van der Waals surface area contributed by atoms with Crippen LogP contribution in [0.5, 0.6) is 0 Å². The van der Waals surface area contributed by atoms with E-state index in [4.69, 9.17) is 10.5 Å². The first-order valence-electron chi connectivity index (χ1n) is 6.65. The van der Waals surface area contributed by atoms with Crippen molar-refractivity contribution in [2.75, 3.05) is 23.4 Å². The fourth-order valence-corrected chi connectivity index (χ4v) is 2.72. The molecule has 102 valence electrons. The molecular formula is C14H19N3O2. The van der Waals surface area contributed by atoms with Crippen molar-refractivity contribution in [3.63, 3.8) is 0 Å². The molecular weight excluding hydrogens is 242 g/mol. The van der Waals surface area contributed by atoms with Gasteiger partial charge in [0, 0.05) is 29.5 Å². The summed E-state index contributed by atoms with van der Waals surface area (Å²) in [6, 6.07) is 5.78. The standard InChI is InChI=1S/C14H19N3O2/c1-8-7-19-9(2)6-17(8)10-3-4-11-12(5-10)16-14(18)13(11)15/h3-5,8-9,13H,6-7,15H2,1-2H3,(H,16,18). The lowest BCUT2D eigenvalue weighted by molar-refractivity contribution is -0.116. The summed E-state index contributed by atoms with van der Waals surface area (Å²) in [6.07, 6.45) is 0.223. The van der Waals surface area contributed by atoms with E-state index in [-0.39, 0.29) is 12.0 Å². The highest BCUT2D eigenvalue weighted by Gasteiger charge is 2.29. The molecule has 2 aliphatic heterocycles. The topological polar surface area (TPSA) is 67.6 Å². The molecule has 3 unspecified atom stereocenters. The van der Waals surface area contributed by atoms with Crippen molar-refractivity contribution in [2.45, 2.75) is 32.0 Å². The quantitative estimate of drug-likeness (QED) is 0.798. The number of anilines is 2. The molecule has 1 fully saturated rings. The summed E-state index contributed by atoms with van der Waals surface area (Å²) in [4.78, 5) is 13.9. The molecule has 1 aromatic carbocycles. The largest absolute Gasteiger partial charge is 0.375 e. The van der Waals surface area contributed by atoms with Gasteiger partial charge in [0.05, 0.1) is 12.7 Å². The Morgan fingerprint density at radius 2 is 2.21 bits per heavy atom. The van der Waals surface area contributed by atoms with Crippen LogP contribution in [0.4, 0.5) is 11.4 Å². The van der Waals surface area contributed by atoms with E-state index in [9.17, 15) is 4.79 Å². The number of carbonyl (C=O) groups excluding carboxylic acids is 1. The van der Waals surface area contributed by atoms with Crippen LogP contribution in [0.3, 0.4) is 0 Å². The molecule has 0 radical (unpaired) electrons. The third kappa shape index (κ3) is 2.09. The molecule has 1 aromatic rings. The summed E-state index contributed by atoms with van der Waals surface area (Å²) in [6.45, 7) is 5.80. The molecule has 2 heterocycles. The summed E-state index contributed by atoms with van der Waals surface area (Å²) in [5.74, 6) is -0.129. The Balaban J connectivity index is 1.91. The second kappa shape index (κ2) is 4.51.